The van der Waals surface area contributed by atoms with Gasteiger partial charge in [-0.05, 0) is 18.8 Å². The van der Waals surface area contributed by atoms with E-state index in [0.717, 1.165) is 19.6 Å². The van der Waals surface area contributed by atoms with Crippen LogP contribution in [-0.4, -0.2) is 50.1 Å². The van der Waals surface area contributed by atoms with E-state index in [1.807, 2.05) is 0 Å². The molecule has 0 aromatic carbocycles. The fourth-order valence-corrected chi connectivity index (χ4v) is 3.19. The van der Waals surface area contributed by atoms with Crippen LogP contribution in [0.2, 0.25) is 0 Å². The van der Waals surface area contributed by atoms with Gasteiger partial charge in [0.1, 0.15) is 0 Å². The summed E-state index contributed by atoms with van der Waals surface area (Å²) >= 11 is 0. The highest BCUT2D eigenvalue weighted by molar-refractivity contribution is 4.85. The first-order chi connectivity index (χ1) is 9.04. The predicted octanol–water partition coefficient (Wildman–Crippen LogP) is 2.38. The molecule has 0 amide bonds. The first kappa shape index (κ1) is 15.1. The third kappa shape index (κ3) is 5.28. The van der Waals surface area contributed by atoms with Crippen molar-refractivity contribution in [3.05, 3.63) is 0 Å². The molecule has 0 bridgehead atoms. The van der Waals surface area contributed by atoms with E-state index in [1.54, 1.807) is 0 Å². The number of ether oxygens (including phenoxy) is 1. The largest absolute Gasteiger partial charge is 0.522 e. The minimum atomic E-state index is -4.50. The average molecular weight is 280 g/mol. The highest BCUT2D eigenvalue weighted by Crippen LogP contribution is 2.27. The van der Waals surface area contributed by atoms with E-state index >= 15 is 0 Å². The second-order valence-electron chi connectivity index (χ2n) is 5.55. The first-order valence-electron chi connectivity index (χ1n) is 7.21. The van der Waals surface area contributed by atoms with E-state index in [-0.39, 0.29) is 6.61 Å². The summed E-state index contributed by atoms with van der Waals surface area (Å²) in [5.74, 6) is 0.695. The molecule has 1 saturated carbocycles. The van der Waals surface area contributed by atoms with Gasteiger partial charge in [0.25, 0.3) is 0 Å². The molecule has 19 heavy (non-hydrogen) atoms. The first-order valence-corrected chi connectivity index (χ1v) is 7.21. The summed E-state index contributed by atoms with van der Waals surface area (Å²) in [7, 11) is 0. The number of rotatable bonds is 4. The third-order valence-corrected chi connectivity index (χ3v) is 4.18. The maximum absolute atomic E-state index is 11.9. The van der Waals surface area contributed by atoms with Gasteiger partial charge in [0.2, 0.25) is 0 Å². The normalized spacial score (nSPS) is 27.6. The van der Waals surface area contributed by atoms with Gasteiger partial charge in [0.15, 0.2) is 0 Å². The van der Waals surface area contributed by atoms with Crippen LogP contribution in [0.5, 0.6) is 0 Å². The molecule has 1 heterocycles. The predicted molar refractivity (Wildman–Crippen MR) is 66.8 cm³/mol. The molecule has 1 aliphatic heterocycles. The van der Waals surface area contributed by atoms with Gasteiger partial charge in [-0.2, -0.15) is 0 Å². The standard InChI is InChI=1S/C13H23F3N2O/c14-13(15,16)19-9-8-18-7-6-17-12(10-18)11-4-2-1-3-5-11/h11-12,17H,1-10H2. The van der Waals surface area contributed by atoms with Gasteiger partial charge in [0.05, 0.1) is 6.61 Å². The molecule has 1 N–H and O–H groups in total. The molecule has 2 rings (SSSR count). The van der Waals surface area contributed by atoms with E-state index in [1.165, 1.54) is 32.1 Å². The molecule has 1 saturated heterocycles. The lowest BCUT2D eigenvalue weighted by Crippen LogP contribution is -2.54. The zero-order valence-electron chi connectivity index (χ0n) is 11.2. The second kappa shape index (κ2) is 6.90. The van der Waals surface area contributed by atoms with Crippen molar-refractivity contribution in [2.45, 2.75) is 44.5 Å². The number of alkyl halides is 3. The minimum Gasteiger partial charge on any atom is -0.311 e. The van der Waals surface area contributed by atoms with E-state index in [4.69, 9.17) is 0 Å². The monoisotopic (exact) mass is 280 g/mol. The number of halogens is 3. The summed E-state index contributed by atoms with van der Waals surface area (Å²) in [5, 5.41) is 3.52. The zero-order chi connectivity index (χ0) is 13.7. The minimum absolute atomic E-state index is 0.263. The molecular formula is C13H23F3N2O. The van der Waals surface area contributed by atoms with Gasteiger partial charge >= 0.3 is 6.36 Å². The summed E-state index contributed by atoms with van der Waals surface area (Å²) in [4.78, 5) is 2.08. The summed E-state index contributed by atoms with van der Waals surface area (Å²) in [6.07, 6.45) is 1.92. The Morgan fingerprint density at radius 3 is 2.58 bits per heavy atom. The number of piperazine rings is 1. The van der Waals surface area contributed by atoms with Crippen molar-refractivity contribution in [3.63, 3.8) is 0 Å². The number of nitrogens with one attached hydrogen (secondary N) is 1. The molecule has 1 atom stereocenters. The Morgan fingerprint density at radius 2 is 1.89 bits per heavy atom. The molecule has 0 aromatic heterocycles. The highest BCUT2D eigenvalue weighted by Gasteiger charge is 2.31. The Balaban J connectivity index is 1.70. The fraction of sp³-hybridized carbons (Fsp3) is 1.00. The second-order valence-corrected chi connectivity index (χ2v) is 5.55. The molecule has 0 spiro atoms. The molecule has 2 fully saturated rings. The molecular weight excluding hydrogens is 257 g/mol. The van der Waals surface area contributed by atoms with Crippen LogP contribution >= 0.6 is 0 Å². The van der Waals surface area contributed by atoms with Crippen molar-refractivity contribution in [3.8, 4) is 0 Å². The van der Waals surface area contributed by atoms with E-state index in [0.29, 0.717) is 18.5 Å². The lowest BCUT2D eigenvalue weighted by molar-refractivity contribution is -0.325. The lowest BCUT2D eigenvalue weighted by atomic mass is 9.83. The Hall–Kier alpha value is -0.330. The summed E-state index contributed by atoms with van der Waals surface area (Å²) in [5.41, 5.74) is 0. The molecule has 1 unspecified atom stereocenters. The lowest BCUT2D eigenvalue weighted by Gasteiger charge is -2.39. The Kier molecular flexibility index (Phi) is 5.47. The molecule has 112 valence electrons. The number of hydrogen-bond donors (Lipinski definition) is 1. The highest BCUT2D eigenvalue weighted by atomic mass is 19.4. The average Bonchev–Trinajstić information content (AvgIpc) is 2.39. The van der Waals surface area contributed by atoms with Gasteiger partial charge in [-0.3, -0.25) is 9.64 Å². The fourth-order valence-electron chi connectivity index (χ4n) is 3.19. The SMILES string of the molecule is FC(F)(F)OCCN1CCNC(C2CCCCC2)C1. The van der Waals surface area contributed by atoms with Crippen molar-refractivity contribution in [2.24, 2.45) is 5.92 Å². The molecule has 3 nitrogen and oxygen atoms in total. The van der Waals surface area contributed by atoms with Crippen molar-refractivity contribution >= 4 is 0 Å². The van der Waals surface area contributed by atoms with Crippen LogP contribution in [-0.2, 0) is 4.74 Å². The molecule has 0 aromatic rings. The Labute approximate surface area is 112 Å². The Morgan fingerprint density at radius 1 is 1.16 bits per heavy atom. The molecule has 6 heteroatoms. The maximum Gasteiger partial charge on any atom is 0.522 e. The van der Waals surface area contributed by atoms with E-state index in [2.05, 4.69) is 15.0 Å². The molecule has 0 radical (unpaired) electrons. The number of hydrogen-bond acceptors (Lipinski definition) is 3. The van der Waals surface area contributed by atoms with Gasteiger partial charge in [-0.1, -0.05) is 19.3 Å². The summed E-state index contributed by atoms with van der Waals surface area (Å²) in [6, 6.07) is 0.444. The topological polar surface area (TPSA) is 24.5 Å². The molecule has 2 aliphatic rings. The maximum atomic E-state index is 11.9. The van der Waals surface area contributed by atoms with Crippen LogP contribution in [0.15, 0.2) is 0 Å². The zero-order valence-corrected chi connectivity index (χ0v) is 11.2. The Bertz CT molecular complexity index is 267. The summed E-state index contributed by atoms with van der Waals surface area (Å²) < 4.78 is 39.6. The van der Waals surface area contributed by atoms with Crippen molar-refractivity contribution < 1.29 is 17.9 Å². The van der Waals surface area contributed by atoms with Crippen LogP contribution in [0.3, 0.4) is 0 Å². The number of nitrogens with zero attached hydrogens (tertiary/aromatic N) is 1. The van der Waals surface area contributed by atoms with Crippen LogP contribution in [0.4, 0.5) is 13.2 Å². The van der Waals surface area contributed by atoms with Crippen LogP contribution in [0, 0.1) is 5.92 Å². The van der Waals surface area contributed by atoms with Crippen molar-refractivity contribution in [2.75, 3.05) is 32.8 Å². The van der Waals surface area contributed by atoms with Gasteiger partial charge < -0.3 is 5.32 Å². The van der Waals surface area contributed by atoms with Gasteiger partial charge in [-0.15, -0.1) is 13.2 Å². The van der Waals surface area contributed by atoms with E-state index in [9.17, 15) is 13.2 Å². The van der Waals surface area contributed by atoms with Crippen molar-refractivity contribution in [1.82, 2.24) is 10.2 Å². The van der Waals surface area contributed by atoms with Crippen LogP contribution < -0.4 is 5.32 Å². The van der Waals surface area contributed by atoms with E-state index < -0.39 is 6.36 Å². The van der Waals surface area contributed by atoms with Crippen LogP contribution in [0.1, 0.15) is 32.1 Å². The smallest absolute Gasteiger partial charge is 0.311 e. The van der Waals surface area contributed by atoms with Crippen molar-refractivity contribution in [1.29, 1.82) is 0 Å². The van der Waals surface area contributed by atoms with Gasteiger partial charge in [0, 0.05) is 32.2 Å². The molecule has 1 aliphatic carbocycles. The summed E-state index contributed by atoms with van der Waals surface area (Å²) in [6.45, 7) is 2.63. The van der Waals surface area contributed by atoms with Gasteiger partial charge in [-0.25, -0.2) is 0 Å². The quantitative estimate of drug-likeness (QED) is 0.855. The van der Waals surface area contributed by atoms with Crippen LogP contribution in [0.25, 0.3) is 0 Å². The third-order valence-electron chi connectivity index (χ3n) is 4.18.